The van der Waals surface area contributed by atoms with Crippen LogP contribution in [0.1, 0.15) is 0 Å². The highest BCUT2D eigenvalue weighted by Crippen LogP contribution is 2.42. The summed E-state index contributed by atoms with van der Waals surface area (Å²) in [5.41, 5.74) is 12.0. The van der Waals surface area contributed by atoms with Gasteiger partial charge in [0.2, 0.25) is 0 Å². The second-order valence-corrected chi connectivity index (χ2v) is 12.7. The van der Waals surface area contributed by atoms with Crippen molar-refractivity contribution in [3.63, 3.8) is 0 Å². The van der Waals surface area contributed by atoms with Gasteiger partial charge in [0.25, 0.3) is 0 Å². The van der Waals surface area contributed by atoms with Gasteiger partial charge in [-0.05, 0) is 87.6 Å². The van der Waals surface area contributed by atoms with E-state index >= 15 is 0 Å². The van der Waals surface area contributed by atoms with Crippen LogP contribution in [-0.4, -0.2) is 19.9 Å². The lowest BCUT2D eigenvalue weighted by atomic mass is 9.95. The van der Waals surface area contributed by atoms with E-state index < -0.39 is 0 Å². The van der Waals surface area contributed by atoms with Gasteiger partial charge in [0.15, 0.2) is 5.58 Å². The number of aromatic nitrogens is 4. The topological polar surface area (TPSA) is 64.7 Å². The largest absolute Gasteiger partial charge is 0.454 e. The van der Waals surface area contributed by atoms with Gasteiger partial charge in [-0.25, -0.2) is 9.97 Å². The highest BCUT2D eigenvalue weighted by Gasteiger charge is 2.19. The maximum Gasteiger partial charge on any atom is 0.162 e. The number of furan rings is 1. The van der Waals surface area contributed by atoms with E-state index in [1.165, 1.54) is 5.39 Å². The smallest absolute Gasteiger partial charge is 0.162 e. The van der Waals surface area contributed by atoms with E-state index in [1.807, 2.05) is 48.5 Å². The lowest BCUT2D eigenvalue weighted by molar-refractivity contribution is 0.669. The van der Waals surface area contributed by atoms with Gasteiger partial charge in [0.1, 0.15) is 11.3 Å². The van der Waals surface area contributed by atoms with Crippen LogP contribution in [0.3, 0.4) is 0 Å². The van der Waals surface area contributed by atoms with Crippen molar-refractivity contribution in [2.75, 3.05) is 0 Å². The normalized spacial score (nSPS) is 11.5. The van der Waals surface area contributed by atoms with Gasteiger partial charge in [0, 0.05) is 34.1 Å². The van der Waals surface area contributed by atoms with Crippen LogP contribution in [0.4, 0.5) is 0 Å². The SMILES string of the molecule is c1ccc(-c2cc(-c3cccc(-c4ccc5c(c4)nc(-c4cccc6ccccc46)c4oc6ccccc6c45)c3)cc(-c3ccccn3)n2)nc1. The Balaban J connectivity index is 1.15. The molecule has 0 spiro atoms. The fourth-order valence-electron chi connectivity index (χ4n) is 7.15. The number of para-hydroxylation sites is 1. The van der Waals surface area contributed by atoms with Crippen LogP contribution in [0.15, 0.2) is 175 Å². The van der Waals surface area contributed by atoms with E-state index in [2.05, 4.69) is 119 Å². The molecule has 0 amide bonds. The molecule has 5 aromatic heterocycles. The summed E-state index contributed by atoms with van der Waals surface area (Å²) < 4.78 is 6.58. The molecule has 10 rings (SSSR count). The first-order chi connectivity index (χ1) is 25.3. The average molecular weight is 653 g/mol. The first kappa shape index (κ1) is 29.0. The number of hydrogen-bond donors (Lipinski definition) is 0. The van der Waals surface area contributed by atoms with Gasteiger partial charge >= 0.3 is 0 Å². The van der Waals surface area contributed by atoms with Gasteiger partial charge in [-0.15, -0.1) is 0 Å². The molecule has 0 aliphatic carbocycles. The van der Waals surface area contributed by atoms with E-state index in [1.54, 1.807) is 12.4 Å². The monoisotopic (exact) mass is 652 g/mol. The summed E-state index contributed by atoms with van der Waals surface area (Å²) in [6, 6.07) is 54.3. The van der Waals surface area contributed by atoms with E-state index in [0.29, 0.717) is 0 Å². The summed E-state index contributed by atoms with van der Waals surface area (Å²) in [5, 5.41) is 5.54. The van der Waals surface area contributed by atoms with Gasteiger partial charge < -0.3 is 4.42 Å². The molecule has 5 heteroatoms. The third-order valence-electron chi connectivity index (χ3n) is 9.56. The third-order valence-corrected chi connectivity index (χ3v) is 9.56. The Bertz CT molecular complexity index is 2850. The minimum atomic E-state index is 0.798. The molecular formula is C46H28N4O. The lowest BCUT2D eigenvalue weighted by Crippen LogP contribution is -1.94. The molecule has 0 atom stereocenters. The zero-order valence-electron chi connectivity index (χ0n) is 27.4. The van der Waals surface area contributed by atoms with Crippen molar-refractivity contribution >= 4 is 43.6 Å². The number of rotatable bonds is 5. The quantitative estimate of drug-likeness (QED) is 0.185. The number of hydrogen-bond acceptors (Lipinski definition) is 5. The van der Waals surface area contributed by atoms with E-state index in [0.717, 1.165) is 94.5 Å². The van der Waals surface area contributed by atoms with Gasteiger partial charge in [0.05, 0.1) is 28.3 Å². The molecule has 0 N–H and O–H groups in total. The maximum absolute atomic E-state index is 6.58. The van der Waals surface area contributed by atoms with Gasteiger partial charge in [-0.1, -0.05) is 103 Å². The van der Waals surface area contributed by atoms with Crippen molar-refractivity contribution in [3.8, 4) is 56.3 Å². The Kier molecular flexibility index (Phi) is 6.74. The average Bonchev–Trinajstić information content (AvgIpc) is 3.61. The Morgan fingerprint density at radius 3 is 1.82 bits per heavy atom. The zero-order chi connectivity index (χ0) is 33.7. The fourth-order valence-corrected chi connectivity index (χ4v) is 7.15. The zero-order valence-corrected chi connectivity index (χ0v) is 27.4. The van der Waals surface area contributed by atoms with Crippen molar-refractivity contribution in [2.45, 2.75) is 0 Å². The third kappa shape index (κ3) is 5.03. The number of benzene rings is 5. The van der Waals surface area contributed by atoms with E-state index in [9.17, 15) is 0 Å². The molecule has 5 heterocycles. The summed E-state index contributed by atoms with van der Waals surface area (Å²) in [4.78, 5) is 19.5. The Morgan fingerprint density at radius 1 is 0.412 bits per heavy atom. The molecule has 0 saturated heterocycles. The molecule has 0 aliphatic heterocycles. The van der Waals surface area contributed by atoms with Crippen LogP contribution in [0.2, 0.25) is 0 Å². The van der Waals surface area contributed by atoms with Crippen LogP contribution < -0.4 is 0 Å². The van der Waals surface area contributed by atoms with Gasteiger partial charge in [-0.3, -0.25) is 9.97 Å². The molecule has 0 unspecified atom stereocenters. The van der Waals surface area contributed by atoms with Crippen LogP contribution in [0.25, 0.3) is 99.9 Å². The maximum atomic E-state index is 6.58. The second kappa shape index (κ2) is 11.9. The Morgan fingerprint density at radius 2 is 1.06 bits per heavy atom. The first-order valence-electron chi connectivity index (χ1n) is 17.0. The van der Waals surface area contributed by atoms with E-state index in [-0.39, 0.29) is 0 Å². The minimum Gasteiger partial charge on any atom is -0.454 e. The molecule has 10 aromatic rings. The summed E-state index contributed by atoms with van der Waals surface area (Å²) in [6.45, 7) is 0. The standard InChI is InChI=1S/C46H28N4O/c1-2-15-34-29(11-1)12-10-17-35(34)45-46-44(37-16-3-4-20-43(37)51-46)36-22-21-32(26-40(36)50-45)30-13-9-14-31(25-30)33-27-41(38-18-5-7-23-47-38)49-42(28-33)39-19-6-8-24-48-39/h1-28H. The molecule has 0 radical (unpaired) electrons. The predicted molar refractivity (Wildman–Crippen MR) is 207 cm³/mol. The number of pyridine rings is 4. The second-order valence-electron chi connectivity index (χ2n) is 12.7. The molecule has 0 fully saturated rings. The molecular weight excluding hydrogens is 625 g/mol. The number of fused-ring (bicyclic) bond motifs is 6. The van der Waals surface area contributed by atoms with Crippen LogP contribution in [0, 0.1) is 0 Å². The summed E-state index contributed by atoms with van der Waals surface area (Å²) >= 11 is 0. The highest BCUT2D eigenvalue weighted by atomic mass is 16.3. The van der Waals surface area contributed by atoms with Crippen molar-refractivity contribution < 1.29 is 4.42 Å². The Hall–Kier alpha value is -6.98. The summed E-state index contributed by atoms with van der Waals surface area (Å²) in [5.74, 6) is 0. The van der Waals surface area contributed by atoms with Crippen molar-refractivity contribution in [3.05, 3.63) is 170 Å². The van der Waals surface area contributed by atoms with Crippen LogP contribution in [-0.2, 0) is 0 Å². The molecule has 5 nitrogen and oxygen atoms in total. The Labute approximate surface area is 293 Å². The molecule has 238 valence electrons. The fraction of sp³-hybridized carbons (Fsp3) is 0. The van der Waals surface area contributed by atoms with Crippen molar-refractivity contribution in [2.24, 2.45) is 0 Å². The summed E-state index contributed by atoms with van der Waals surface area (Å²) in [6.07, 6.45) is 3.59. The summed E-state index contributed by atoms with van der Waals surface area (Å²) in [7, 11) is 0. The van der Waals surface area contributed by atoms with Crippen LogP contribution >= 0.6 is 0 Å². The first-order valence-corrected chi connectivity index (χ1v) is 17.0. The van der Waals surface area contributed by atoms with Crippen molar-refractivity contribution in [1.82, 2.24) is 19.9 Å². The lowest BCUT2D eigenvalue weighted by Gasteiger charge is -2.12. The predicted octanol–water partition coefficient (Wildman–Crippen LogP) is 11.8. The molecule has 0 aliphatic rings. The van der Waals surface area contributed by atoms with Crippen LogP contribution in [0.5, 0.6) is 0 Å². The number of nitrogens with zero attached hydrogens (tertiary/aromatic N) is 4. The van der Waals surface area contributed by atoms with Crippen molar-refractivity contribution in [1.29, 1.82) is 0 Å². The molecule has 0 bridgehead atoms. The minimum absolute atomic E-state index is 0.798. The van der Waals surface area contributed by atoms with E-state index in [4.69, 9.17) is 14.4 Å². The van der Waals surface area contributed by atoms with Gasteiger partial charge in [-0.2, -0.15) is 0 Å². The molecule has 5 aromatic carbocycles. The highest BCUT2D eigenvalue weighted by molar-refractivity contribution is 6.22. The molecule has 51 heavy (non-hydrogen) atoms. The molecule has 0 saturated carbocycles.